The van der Waals surface area contributed by atoms with Crippen molar-refractivity contribution in [1.82, 2.24) is 0 Å². The minimum absolute atomic E-state index is 0.272. The van der Waals surface area contributed by atoms with Crippen LogP contribution in [0.15, 0.2) is 30.3 Å². The maximum atomic E-state index is 11.0. The molecule has 1 heterocycles. The van der Waals surface area contributed by atoms with Gasteiger partial charge in [0, 0.05) is 6.42 Å². The molecular formula is C11H12O3. The van der Waals surface area contributed by atoms with Crippen LogP contribution in [0.25, 0.3) is 0 Å². The summed E-state index contributed by atoms with van der Waals surface area (Å²) in [6, 6.07) is 9.83. The summed E-state index contributed by atoms with van der Waals surface area (Å²) in [4.78, 5) is 11.0. The average molecular weight is 192 g/mol. The molecule has 1 fully saturated rings. The Hall–Kier alpha value is -1.35. The predicted molar refractivity (Wildman–Crippen MR) is 50.6 cm³/mol. The Kier molecular flexibility index (Phi) is 2.50. The van der Waals surface area contributed by atoms with Gasteiger partial charge in [0.1, 0.15) is 0 Å². The van der Waals surface area contributed by atoms with Crippen molar-refractivity contribution in [2.45, 2.75) is 25.7 Å². The lowest BCUT2D eigenvalue weighted by atomic mass is 10.1. The zero-order valence-electron chi connectivity index (χ0n) is 7.97. The summed E-state index contributed by atoms with van der Waals surface area (Å²) < 4.78 is 10.3. The summed E-state index contributed by atoms with van der Waals surface area (Å²) in [6.45, 7) is 1.70. The molecule has 1 aliphatic rings. The highest BCUT2D eigenvalue weighted by Crippen LogP contribution is 2.16. The van der Waals surface area contributed by atoms with E-state index in [2.05, 4.69) is 0 Å². The van der Waals surface area contributed by atoms with Gasteiger partial charge in [0.15, 0.2) is 6.10 Å². The van der Waals surface area contributed by atoms with Crippen LogP contribution in [0.1, 0.15) is 12.5 Å². The first-order valence-corrected chi connectivity index (χ1v) is 4.65. The van der Waals surface area contributed by atoms with Gasteiger partial charge in [0.25, 0.3) is 0 Å². The van der Waals surface area contributed by atoms with E-state index in [-0.39, 0.29) is 5.97 Å². The van der Waals surface area contributed by atoms with Crippen LogP contribution < -0.4 is 0 Å². The third kappa shape index (κ3) is 1.93. The van der Waals surface area contributed by atoms with Gasteiger partial charge in [0.2, 0.25) is 6.29 Å². The number of cyclic esters (lactones) is 1. The molecule has 14 heavy (non-hydrogen) atoms. The van der Waals surface area contributed by atoms with E-state index < -0.39 is 12.4 Å². The Balaban J connectivity index is 1.97. The number of carbonyl (C=O) groups excluding carboxylic acids is 1. The molecular weight excluding hydrogens is 180 g/mol. The molecule has 0 aliphatic carbocycles. The Bertz CT molecular complexity index is 321. The number of benzene rings is 1. The first-order chi connectivity index (χ1) is 6.75. The van der Waals surface area contributed by atoms with Gasteiger partial charge in [-0.25, -0.2) is 4.79 Å². The Morgan fingerprint density at radius 1 is 1.29 bits per heavy atom. The smallest absolute Gasteiger partial charge is 0.337 e. The van der Waals surface area contributed by atoms with Crippen LogP contribution in [0.3, 0.4) is 0 Å². The number of carbonyl (C=O) groups is 1. The van der Waals surface area contributed by atoms with E-state index in [4.69, 9.17) is 9.47 Å². The van der Waals surface area contributed by atoms with Crippen molar-refractivity contribution in [3.05, 3.63) is 35.9 Å². The lowest BCUT2D eigenvalue weighted by molar-refractivity contribution is -0.143. The largest absolute Gasteiger partial charge is 0.433 e. The molecule has 3 nitrogen and oxygen atoms in total. The summed E-state index contributed by atoms with van der Waals surface area (Å²) >= 11 is 0. The first-order valence-electron chi connectivity index (χ1n) is 4.65. The fourth-order valence-corrected chi connectivity index (χ4v) is 1.43. The number of rotatable bonds is 2. The van der Waals surface area contributed by atoms with Crippen molar-refractivity contribution in [1.29, 1.82) is 0 Å². The molecule has 0 spiro atoms. The van der Waals surface area contributed by atoms with Gasteiger partial charge < -0.3 is 9.47 Å². The SMILES string of the molecule is C[C@@H]1OC(Cc2ccccc2)OC1=O. The van der Waals surface area contributed by atoms with Crippen molar-refractivity contribution in [3.63, 3.8) is 0 Å². The predicted octanol–water partition coefficient (Wildman–Crippen LogP) is 1.52. The molecule has 1 aromatic carbocycles. The van der Waals surface area contributed by atoms with Gasteiger partial charge in [-0.15, -0.1) is 0 Å². The van der Waals surface area contributed by atoms with Crippen molar-refractivity contribution < 1.29 is 14.3 Å². The first kappa shape index (κ1) is 9.21. The Morgan fingerprint density at radius 3 is 2.57 bits per heavy atom. The molecule has 0 aromatic heterocycles. The van der Waals surface area contributed by atoms with E-state index in [0.717, 1.165) is 5.56 Å². The van der Waals surface area contributed by atoms with Gasteiger partial charge in [0.05, 0.1) is 0 Å². The molecule has 3 heteroatoms. The summed E-state index contributed by atoms with van der Waals surface area (Å²) in [6.07, 6.45) is -0.222. The van der Waals surface area contributed by atoms with Crippen LogP contribution in [0.2, 0.25) is 0 Å². The fraction of sp³-hybridized carbons (Fsp3) is 0.364. The molecule has 0 radical (unpaired) electrons. The van der Waals surface area contributed by atoms with Crippen molar-refractivity contribution in [2.75, 3.05) is 0 Å². The van der Waals surface area contributed by atoms with E-state index >= 15 is 0 Å². The maximum Gasteiger partial charge on any atom is 0.337 e. The molecule has 1 aromatic rings. The average Bonchev–Trinajstić information content (AvgIpc) is 2.47. The normalized spacial score (nSPS) is 26.2. The quantitative estimate of drug-likeness (QED) is 0.666. The topological polar surface area (TPSA) is 35.5 Å². The van der Waals surface area contributed by atoms with Crippen molar-refractivity contribution >= 4 is 5.97 Å². The highest BCUT2D eigenvalue weighted by molar-refractivity contribution is 5.75. The molecule has 0 bridgehead atoms. The number of hydrogen-bond donors (Lipinski definition) is 0. The second-order valence-electron chi connectivity index (χ2n) is 3.33. The lowest BCUT2D eigenvalue weighted by Gasteiger charge is -2.07. The van der Waals surface area contributed by atoms with E-state index in [1.54, 1.807) is 6.92 Å². The summed E-state index contributed by atoms with van der Waals surface area (Å²) in [5.41, 5.74) is 1.11. The summed E-state index contributed by atoms with van der Waals surface area (Å²) in [5, 5.41) is 0. The number of hydrogen-bond acceptors (Lipinski definition) is 3. The van der Waals surface area contributed by atoms with E-state index in [1.165, 1.54) is 0 Å². The monoisotopic (exact) mass is 192 g/mol. The minimum Gasteiger partial charge on any atom is -0.433 e. The maximum absolute atomic E-state index is 11.0. The second-order valence-corrected chi connectivity index (χ2v) is 3.33. The zero-order chi connectivity index (χ0) is 9.97. The van der Waals surface area contributed by atoms with E-state index in [0.29, 0.717) is 6.42 Å². The molecule has 0 N–H and O–H groups in total. The number of ether oxygens (including phenoxy) is 2. The van der Waals surface area contributed by atoms with Crippen LogP contribution in [-0.4, -0.2) is 18.4 Å². The van der Waals surface area contributed by atoms with E-state index in [1.807, 2.05) is 30.3 Å². The van der Waals surface area contributed by atoms with Crippen molar-refractivity contribution in [2.24, 2.45) is 0 Å². The third-order valence-corrected chi connectivity index (χ3v) is 2.18. The third-order valence-electron chi connectivity index (χ3n) is 2.18. The van der Waals surface area contributed by atoms with Crippen LogP contribution in [0.4, 0.5) is 0 Å². The molecule has 1 unspecified atom stereocenters. The van der Waals surface area contributed by atoms with Crippen LogP contribution >= 0.6 is 0 Å². The zero-order valence-corrected chi connectivity index (χ0v) is 7.97. The Morgan fingerprint density at radius 2 is 2.00 bits per heavy atom. The fourth-order valence-electron chi connectivity index (χ4n) is 1.43. The molecule has 1 aliphatic heterocycles. The molecule has 2 rings (SSSR count). The Labute approximate surface area is 82.6 Å². The van der Waals surface area contributed by atoms with Gasteiger partial charge in [-0.3, -0.25) is 0 Å². The molecule has 2 atom stereocenters. The van der Waals surface area contributed by atoms with Gasteiger partial charge >= 0.3 is 5.97 Å². The number of esters is 1. The van der Waals surface area contributed by atoms with Crippen LogP contribution in [0, 0.1) is 0 Å². The second kappa shape index (κ2) is 3.80. The standard InChI is InChI=1S/C11H12O3/c1-8-11(12)14-10(13-8)7-9-5-3-2-4-6-9/h2-6,8,10H,7H2,1H3/t8-,10?/m0/s1. The molecule has 0 amide bonds. The van der Waals surface area contributed by atoms with E-state index in [9.17, 15) is 4.79 Å². The van der Waals surface area contributed by atoms with Crippen LogP contribution in [-0.2, 0) is 20.7 Å². The van der Waals surface area contributed by atoms with Gasteiger partial charge in [-0.1, -0.05) is 30.3 Å². The summed E-state index contributed by atoms with van der Waals surface area (Å²) in [7, 11) is 0. The highest BCUT2D eigenvalue weighted by atomic mass is 16.7. The summed E-state index contributed by atoms with van der Waals surface area (Å²) in [5.74, 6) is -0.272. The molecule has 0 saturated carbocycles. The van der Waals surface area contributed by atoms with Gasteiger partial charge in [-0.05, 0) is 12.5 Å². The molecule has 1 saturated heterocycles. The van der Waals surface area contributed by atoms with Crippen LogP contribution in [0.5, 0.6) is 0 Å². The lowest BCUT2D eigenvalue weighted by Crippen LogP contribution is -2.12. The van der Waals surface area contributed by atoms with Gasteiger partial charge in [-0.2, -0.15) is 0 Å². The molecule has 74 valence electrons. The highest BCUT2D eigenvalue weighted by Gasteiger charge is 2.31. The minimum atomic E-state index is -0.427. The van der Waals surface area contributed by atoms with Crippen molar-refractivity contribution in [3.8, 4) is 0 Å².